The van der Waals surface area contributed by atoms with Crippen molar-refractivity contribution in [2.75, 3.05) is 7.11 Å². The molecule has 0 aromatic heterocycles. The SMILES string of the molecule is COC(=O)C(N)C(C)Sc1ccc(F)cc1. The average Bonchev–Trinajstić information content (AvgIpc) is 2.30. The fraction of sp³-hybridized carbons (Fsp3) is 0.364. The van der Waals surface area contributed by atoms with Gasteiger partial charge in [0.1, 0.15) is 11.9 Å². The van der Waals surface area contributed by atoms with Crippen LogP contribution in [0.2, 0.25) is 0 Å². The summed E-state index contributed by atoms with van der Waals surface area (Å²) in [6, 6.07) is 5.37. The Kier molecular flexibility index (Phi) is 4.76. The molecular formula is C11H14FNO2S. The number of methoxy groups -OCH3 is 1. The summed E-state index contributed by atoms with van der Waals surface area (Å²) in [7, 11) is 1.30. The molecule has 0 aliphatic rings. The maximum absolute atomic E-state index is 12.7. The highest BCUT2D eigenvalue weighted by molar-refractivity contribution is 8.00. The molecule has 1 aromatic carbocycles. The molecule has 0 heterocycles. The van der Waals surface area contributed by atoms with Crippen LogP contribution in [0.4, 0.5) is 4.39 Å². The number of hydrogen-bond donors (Lipinski definition) is 1. The third-order valence-corrected chi connectivity index (χ3v) is 3.32. The molecule has 16 heavy (non-hydrogen) atoms. The van der Waals surface area contributed by atoms with Crippen LogP contribution < -0.4 is 5.73 Å². The quantitative estimate of drug-likeness (QED) is 0.647. The maximum Gasteiger partial charge on any atom is 0.323 e. The van der Waals surface area contributed by atoms with Crippen molar-refractivity contribution in [2.45, 2.75) is 23.1 Å². The maximum atomic E-state index is 12.7. The standard InChI is InChI=1S/C11H14FNO2S/c1-7(10(13)11(14)15-2)16-9-5-3-8(12)4-6-9/h3-7,10H,13H2,1-2H3. The number of ether oxygens (including phenoxy) is 1. The van der Waals surface area contributed by atoms with Gasteiger partial charge in [-0.3, -0.25) is 4.79 Å². The second-order valence-corrected chi connectivity index (χ2v) is 4.78. The minimum Gasteiger partial charge on any atom is -0.468 e. The lowest BCUT2D eigenvalue weighted by molar-refractivity contribution is -0.142. The Labute approximate surface area is 98.2 Å². The first-order valence-electron chi connectivity index (χ1n) is 4.80. The summed E-state index contributed by atoms with van der Waals surface area (Å²) in [5, 5.41) is -0.127. The summed E-state index contributed by atoms with van der Waals surface area (Å²) < 4.78 is 17.2. The van der Waals surface area contributed by atoms with Gasteiger partial charge in [-0.25, -0.2) is 4.39 Å². The number of hydrogen-bond acceptors (Lipinski definition) is 4. The van der Waals surface area contributed by atoms with Gasteiger partial charge in [-0.15, -0.1) is 11.8 Å². The third-order valence-electron chi connectivity index (χ3n) is 2.11. The van der Waals surface area contributed by atoms with E-state index in [1.807, 2.05) is 6.92 Å². The number of rotatable bonds is 4. The molecule has 0 radical (unpaired) electrons. The van der Waals surface area contributed by atoms with Crippen LogP contribution in [0.5, 0.6) is 0 Å². The van der Waals surface area contributed by atoms with Crippen molar-refractivity contribution in [2.24, 2.45) is 5.73 Å². The fourth-order valence-electron chi connectivity index (χ4n) is 1.13. The van der Waals surface area contributed by atoms with E-state index in [1.165, 1.54) is 31.0 Å². The number of thioether (sulfide) groups is 1. The molecule has 1 rings (SSSR count). The summed E-state index contributed by atoms with van der Waals surface area (Å²) in [5.74, 6) is -0.726. The largest absolute Gasteiger partial charge is 0.468 e. The van der Waals surface area contributed by atoms with Crippen LogP contribution in [0.1, 0.15) is 6.92 Å². The van der Waals surface area contributed by atoms with Crippen molar-refractivity contribution in [3.63, 3.8) is 0 Å². The summed E-state index contributed by atoms with van der Waals surface area (Å²) in [6.07, 6.45) is 0. The summed E-state index contributed by atoms with van der Waals surface area (Å²) in [4.78, 5) is 12.0. The second-order valence-electron chi connectivity index (χ2n) is 3.33. The molecule has 0 saturated heterocycles. The third kappa shape index (κ3) is 3.50. The summed E-state index contributed by atoms with van der Waals surface area (Å²) in [6.45, 7) is 1.83. The van der Waals surface area contributed by atoms with Crippen molar-refractivity contribution < 1.29 is 13.9 Å². The number of carbonyl (C=O) groups is 1. The Hall–Kier alpha value is -1.07. The van der Waals surface area contributed by atoms with Gasteiger partial charge in [0.25, 0.3) is 0 Å². The fourth-order valence-corrected chi connectivity index (χ4v) is 2.11. The van der Waals surface area contributed by atoms with Gasteiger partial charge in [0.2, 0.25) is 0 Å². The highest BCUT2D eigenvalue weighted by Crippen LogP contribution is 2.24. The van der Waals surface area contributed by atoms with E-state index in [0.717, 1.165) is 4.90 Å². The van der Waals surface area contributed by atoms with Gasteiger partial charge in [0.15, 0.2) is 0 Å². The molecule has 5 heteroatoms. The van der Waals surface area contributed by atoms with Gasteiger partial charge in [-0.05, 0) is 24.3 Å². The van der Waals surface area contributed by atoms with Gasteiger partial charge < -0.3 is 10.5 Å². The lowest BCUT2D eigenvalue weighted by atomic mass is 10.2. The zero-order chi connectivity index (χ0) is 12.1. The van der Waals surface area contributed by atoms with Crippen LogP contribution in [0.3, 0.4) is 0 Å². The van der Waals surface area contributed by atoms with Crippen LogP contribution in [-0.2, 0) is 9.53 Å². The normalized spacial score (nSPS) is 14.2. The topological polar surface area (TPSA) is 52.3 Å². The van der Waals surface area contributed by atoms with Gasteiger partial charge in [0.05, 0.1) is 7.11 Å². The summed E-state index contributed by atoms with van der Waals surface area (Å²) >= 11 is 1.41. The van der Waals surface area contributed by atoms with Gasteiger partial charge in [0, 0.05) is 10.1 Å². The number of esters is 1. The minimum absolute atomic E-state index is 0.127. The monoisotopic (exact) mass is 243 g/mol. The second kappa shape index (κ2) is 5.86. The van der Waals surface area contributed by atoms with Crippen LogP contribution in [0.25, 0.3) is 0 Å². The van der Waals surface area contributed by atoms with Crippen LogP contribution >= 0.6 is 11.8 Å². The molecule has 0 bridgehead atoms. The Morgan fingerprint density at radius 2 is 2.00 bits per heavy atom. The zero-order valence-electron chi connectivity index (χ0n) is 9.14. The predicted molar refractivity (Wildman–Crippen MR) is 61.7 cm³/mol. The Balaban J connectivity index is 2.60. The smallest absolute Gasteiger partial charge is 0.323 e. The van der Waals surface area contributed by atoms with E-state index in [-0.39, 0.29) is 11.1 Å². The number of nitrogens with two attached hydrogens (primary N) is 1. The lowest BCUT2D eigenvalue weighted by Crippen LogP contribution is -2.39. The lowest BCUT2D eigenvalue weighted by Gasteiger charge is -2.16. The van der Waals surface area contributed by atoms with Crippen LogP contribution in [0, 0.1) is 5.82 Å². The molecule has 0 saturated carbocycles. The van der Waals surface area contributed by atoms with Crippen LogP contribution in [-0.4, -0.2) is 24.4 Å². The van der Waals surface area contributed by atoms with E-state index in [4.69, 9.17) is 5.73 Å². The Bertz CT molecular complexity index is 356. The van der Waals surface area contributed by atoms with E-state index >= 15 is 0 Å². The molecule has 0 spiro atoms. The van der Waals surface area contributed by atoms with Gasteiger partial charge >= 0.3 is 5.97 Å². The first-order chi connectivity index (χ1) is 7.54. The molecule has 3 nitrogen and oxygen atoms in total. The highest BCUT2D eigenvalue weighted by atomic mass is 32.2. The number of benzene rings is 1. The van der Waals surface area contributed by atoms with E-state index in [1.54, 1.807) is 12.1 Å². The molecular weight excluding hydrogens is 229 g/mol. The molecule has 0 aliphatic carbocycles. The molecule has 0 amide bonds. The molecule has 0 fully saturated rings. The van der Waals surface area contributed by atoms with E-state index in [9.17, 15) is 9.18 Å². The Morgan fingerprint density at radius 1 is 1.44 bits per heavy atom. The van der Waals surface area contributed by atoms with Crippen molar-refractivity contribution >= 4 is 17.7 Å². The first kappa shape index (κ1) is 13.0. The average molecular weight is 243 g/mol. The minimum atomic E-state index is -0.681. The molecule has 88 valence electrons. The van der Waals surface area contributed by atoms with Crippen molar-refractivity contribution in [1.82, 2.24) is 0 Å². The molecule has 2 N–H and O–H groups in total. The van der Waals surface area contributed by atoms with Crippen LogP contribution in [0.15, 0.2) is 29.2 Å². The molecule has 1 aromatic rings. The zero-order valence-corrected chi connectivity index (χ0v) is 9.96. The molecule has 0 aliphatic heterocycles. The first-order valence-corrected chi connectivity index (χ1v) is 5.68. The summed E-state index contributed by atoms with van der Waals surface area (Å²) in [5.41, 5.74) is 5.68. The van der Waals surface area contributed by atoms with E-state index in [0.29, 0.717) is 0 Å². The van der Waals surface area contributed by atoms with Crippen molar-refractivity contribution in [3.05, 3.63) is 30.1 Å². The number of halogens is 1. The number of carbonyl (C=O) groups excluding carboxylic acids is 1. The molecule has 2 atom stereocenters. The van der Waals surface area contributed by atoms with E-state index < -0.39 is 12.0 Å². The predicted octanol–water partition coefficient (Wildman–Crippen LogP) is 1.81. The van der Waals surface area contributed by atoms with E-state index in [2.05, 4.69) is 4.74 Å². The van der Waals surface area contributed by atoms with Gasteiger partial charge in [-0.1, -0.05) is 6.92 Å². The van der Waals surface area contributed by atoms with Crippen molar-refractivity contribution in [1.29, 1.82) is 0 Å². The Morgan fingerprint density at radius 3 is 2.50 bits per heavy atom. The van der Waals surface area contributed by atoms with Gasteiger partial charge in [-0.2, -0.15) is 0 Å². The van der Waals surface area contributed by atoms with Crippen molar-refractivity contribution in [3.8, 4) is 0 Å². The molecule has 2 unspecified atom stereocenters. The highest BCUT2D eigenvalue weighted by Gasteiger charge is 2.22.